The zero-order chi connectivity index (χ0) is 14.5. The number of rotatable bonds is 3. The number of nitrogens with zero attached hydrogens (tertiary/aromatic N) is 2. The lowest BCUT2D eigenvalue weighted by Gasteiger charge is -2.10. The second-order valence-corrected chi connectivity index (χ2v) is 4.34. The van der Waals surface area contributed by atoms with E-state index in [0.717, 1.165) is 0 Å². The Morgan fingerprint density at radius 3 is 2.90 bits per heavy atom. The molecule has 1 amide bonds. The van der Waals surface area contributed by atoms with Gasteiger partial charge in [-0.1, -0.05) is 11.6 Å². The van der Waals surface area contributed by atoms with Crippen molar-refractivity contribution < 1.29 is 4.79 Å². The molecule has 5 nitrogen and oxygen atoms in total. The molecular weight excluding hydrogens is 276 g/mol. The van der Waals surface area contributed by atoms with Crippen LogP contribution in [0, 0.1) is 11.3 Å². The summed E-state index contributed by atoms with van der Waals surface area (Å²) in [6.45, 7) is 0. The molecule has 0 saturated carbocycles. The molecule has 0 atom stereocenters. The van der Waals surface area contributed by atoms with Gasteiger partial charge in [0.15, 0.2) is 0 Å². The van der Waals surface area contributed by atoms with Gasteiger partial charge in [-0.3, -0.25) is 4.79 Å². The molecule has 0 bridgehead atoms. The van der Waals surface area contributed by atoms with Gasteiger partial charge >= 0.3 is 0 Å². The summed E-state index contributed by atoms with van der Waals surface area (Å²) in [7, 11) is 1.68. The molecule has 6 heteroatoms. The standard InChI is InChI=1S/C14H11ClN4O/c1-17-13-11(3-2-6-18-13)14(20)19-12-7-10(15)5-4-9(12)8-16/h2-7H,1H3,(H,17,18)(H,19,20). The molecule has 0 fully saturated rings. The average Bonchev–Trinajstić information content (AvgIpc) is 2.47. The van der Waals surface area contributed by atoms with E-state index >= 15 is 0 Å². The third kappa shape index (κ3) is 2.87. The first-order valence-electron chi connectivity index (χ1n) is 5.79. The zero-order valence-electron chi connectivity index (χ0n) is 10.6. The fraction of sp³-hybridized carbons (Fsp3) is 0.0714. The third-order valence-electron chi connectivity index (χ3n) is 2.64. The van der Waals surface area contributed by atoms with Gasteiger partial charge in [-0.15, -0.1) is 0 Å². The molecule has 0 aliphatic rings. The summed E-state index contributed by atoms with van der Waals surface area (Å²) in [5, 5.41) is 15.0. The Morgan fingerprint density at radius 1 is 1.40 bits per heavy atom. The minimum atomic E-state index is -0.360. The molecule has 0 saturated heterocycles. The Labute approximate surface area is 121 Å². The second kappa shape index (κ2) is 6.04. The van der Waals surface area contributed by atoms with Crippen LogP contribution in [-0.2, 0) is 0 Å². The van der Waals surface area contributed by atoms with E-state index in [1.165, 1.54) is 6.07 Å². The van der Waals surface area contributed by atoms with E-state index in [1.54, 1.807) is 37.5 Å². The third-order valence-corrected chi connectivity index (χ3v) is 2.87. The molecule has 1 heterocycles. The van der Waals surface area contributed by atoms with Crippen LogP contribution >= 0.6 is 11.6 Å². The van der Waals surface area contributed by atoms with Crippen molar-refractivity contribution in [3.8, 4) is 6.07 Å². The molecule has 0 radical (unpaired) electrons. The molecule has 100 valence electrons. The molecular formula is C14H11ClN4O. The van der Waals surface area contributed by atoms with Crippen molar-refractivity contribution >= 4 is 29.0 Å². The number of hydrogen-bond donors (Lipinski definition) is 2. The normalized spacial score (nSPS) is 9.65. The largest absolute Gasteiger partial charge is 0.372 e. The number of carbonyl (C=O) groups excluding carboxylic acids is 1. The average molecular weight is 287 g/mol. The lowest BCUT2D eigenvalue weighted by Crippen LogP contribution is -2.15. The molecule has 1 aromatic heterocycles. The van der Waals surface area contributed by atoms with Crippen LogP contribution < -0.4 is 10.6 Å². The number of benzene rings is 1. The Hall–Kier alpha value is -2.58. The fourth-order valence-corrected chi connectivity index (χ4v) is 1.87. The molecule has 0 aliphatic heterocycles. The maximum atomic E-state index is 12.2. The highest BCUT2D eigenvalue weighted by Gasteiger charge is 2.13. The summed E-state index contributed by atoms with van der Waals surface area (Å²) >= 11 is 5.88. The minimum Gasteiger partial charge on any atom is -0.372 e. The van der Waals surface area contributed by atoms with Gasteiger partial charge in [0, 0.05) is 18.3 Å². The molecule has 2 N–H and O–H groups in total. The van der Waals surface area contributed by atoms with Gasteiger partial charge in [0.2, 0.25) is 0 Å². The van der Waals surface area contributed by atoms with E-state index in [9.17, 15) is 4.79 Å². The number of amides is 1. The van der Waals surface area contributed by atoms with Gasteiger partial charge in [-0.25, -0.2) is 4.98 Å². The highest BCUT2D eigenvalue weighted by Crippen LogP contribution is 2.22. The molecule has 0 aliphatic carbocycles. The lowest BCUT2D eigenvalue weighted by molar-refractivity contribution is 0.102. The van der Waals surface area contributed by atoms with Crippen molar-refractivity contribution in [2.24, 2.45) is 0 Å². The van der Waals surface area contributed by atoms with Crippen molar-refractivity contribution in [2.45, 2.75) is 0 Å². The summed E-state index contributed by atoms with van der Waals surface area (Å²) in [6.07, 6.45) is 1.59. The Bertz CT molecular complexity index is 694. The van der Waals surface area contributed by atoms with Crippen LogP contribution in [0.25, 0.3) is 0 Å². The van der Waals surface area contributed by atoms with Crippen molar-refractivity contribution in [3.63, 3.8) is 0 Å². The SMILES string of the molecule is CNc1ncccc1C(=O)Nc1cc(Cl)ccc1C#N. The highest BCUT2D eigenvalue weighted by atomic mass is 35.5. The monoisotopic (exact) mass is 286 g/mol. The lowest BCUT2D eigenvalue weighted by atomic mass is 10.1. The first-order chi connectivity index (χ1) is 9.65. The molecule has 2 aromatic rings. The summed E-state index contributed by atoms with van der Waals surface area (Å²) in [5.74, 6) is 0.103. The van der Waals surface area contributed by atoms with Gasteiger partial charge in [0.25, 0.3) is 5.91 Å². The molecule has 20 heavy (non-hydrogen) atoms. The van der Waals surface area contributed by atoms with Crippen LogP contribution in [0.2, 0.25) is 5.02 Å². The number of carbonyl (C=O) groups is 1. The number of pyridine rings is 1. The topological polar surface area (TPSA) is 77.8 Å². The Kier molecular flexibility index (Phi) is 4.18. The van der Waals surface area contributed by atoms with E-state index in [-0.39, 0.29) is 5.91 Å². The number of anilines is 2. The first kappa shape index (κ1) is 13.8. The van der Waals surface area contributed by atoms with E-state index in [4.69, 9.17) is 16.9 Å². The molecule has 2 rings (SSSR count). The summed E-state index contributed by atoms with van der Waals surface area (Å²) in [6, 6.07) is 10.00. The van der Waals surface area contributed by atoms with Crippen molar-refractivity contribution in [2.75, 3.05) is 17.7 Å². The number of aromatic nitrogens is 1. The Balaban J connectivity index is 2.33. The van der Waals surface area contributed by atoms with E-state index in [0.29, 0.717) is 27.7 Å². The smallest absolute Gasteiger partial charge is 0.259 e. The Morgan fingerprint density at radius 2 is 2.20 bits per heavy atom. The van der Waals surface area contributed by atoms with Crippen LogP contribution in [0.3, 0.4) is 0 Å². The van der Waals surface area contributed by atoms with Crippen LogP contribution in [0.15, 0.2) is 36.5 Å². The van der Waals surface area contributed by atoms with Gasteiger partial charge in [0.1, 0.15) is 11.9 Å². The number of nitrogens with one attached hydrogen (secondary N) is 2. The minimum absolute atomic E-state index is 0.345. The first-order valence-corrected chi connectivity index (χ1v) is 6.17. The fourth-order valence-electron chi connectivity index (χ4n) is 1.69. The van der Waals surface area contributed by atoms with E-state index in [1.807, 2.05) is 6.07 Å². The number of hydrogen-bond acceptors (Lipinski definition) is 4. The van der Waals surface area contributed by atoms with Gasteiger partial charge in [-0.2, -0.15) is 5.26 Å². The summed E-state index contributed by atoms with van der Waals surface area (Å²) in [4.78, 5) is 16.3. The second-order valence-electron chi connectivity index (χ2n) is 3.91. The quantitative estimate of drug-likeness (QED) is 0.909. The van der Waals surface area contributed by atoms with E-state index < -0.39 is 0 Å². The van der Waals surface area contributed by atoms with Crippen molar-refractivity contribution in [1.29, 1.82) is 5.26 Å². The van der Waals surface area contributed by atoms with Gasteiger partial charge < -0.3 is 10.6 Å². The number of halogens is 1. The zero-order valence-corrected chi connectivity index (χ0v) is 11.4. The molecule has 0 unspecified atom stereocenters. The van der Waals surface area contributed by atoms with Gasteiger partial charge in [0.05, 0.1) is 16.8 Å². The predicted molar refractivity (Wildman–Crippen MR) is 77.9 cm³/mol. The summed E-state index contributed by atoms with van der Waals surface area (Å²) in [5.41, 5.74) is 1.10. The molecule has 0 spiro atoms. The predicted octanol–water partition coefficient (Wildman–Crippen LogP) is 2.90. The number of nitriles is 1. The molecule has 1 aromatic carbocycles. The highest BCUT2D eigenvalue weighted by molar-refractivity contribution is 6.31. The summed E-state index contributed by atoms with van der Waals surface area (Å²) < 4.78 is 0. The van der Waals surface area contributed by atoms with E-state index in [2.05, 4.69) is 15.6 Å². The van der Waals surface area contributed by atoms with Crippen molar-refractivity contribution in [3.05, 3.63) is 52.7 Å². The van der Waals surface area contributed by atoms with Crippen molar-refractivity contribution in [1.82, 2.24) is 4.98 Å². The van der Waals surface area contributed by atoms with Crippen LogP contribution in [0.1, 0.15) is 15.9 Å². The maximum absolute atomic E-state index is 12.2. The van der Waals surface area contributed by atoms with Crippen LogP contribution in [0.4, 0.5) is 11.5 Å². The van der Waals surface area contributed by atoms with Gasteiger partial charge in [-0.05, 0) is 30.3 Å². The maximum Gasteiger partial charge on any atom is 0.259 e. The van der Waals surface area contributed by atoms with Crippen LogP contribution in [0.5, 0.6) is 0 Å². The van der Waals surface area contributed by atoms with Crippen LogP contribution in [-0.4, -0.2) is 17.9 Å².